The fraction of sp³-hybridized carbons (Fsp3) is 0.310. The zero-order valence-electron chi connectivity index (χ0n) is 21.8. The van der Waals surface area contributed by atoms with Crippen LogP contribution >= 0.6 is 0 Å². The molecule has 1 aliphatic carbocycles. The minimum atomic E-state index is -0.361. The molecular formula is C29H37NO4. The highest BCUT2D eigenvalue weighted by Gasteiger charge is 2.38. The second-order valence-electron chi connectivity index (χ2n) is 6.91. The first-order chi connectivity index (χ1) is 16.4. The predicted molar refractivity (Wildman–Crippen MR) is 141 cm³/mol. The fourth-order valence-electron chi connectivity index (χ4n) is 3.57. The predicted octanol–water partition coefficient (Wildman–Crippen LogP) is 7.41. The number of rotatable bonds is 3. The molecule has 4 rings (SSSR count). The monoisotopic (exact) mass is 463 g/mol. The summed E-state index contributed by atoms with van der Waals surface area (Å²) < 4.78 is 6.05. The molecule has 5 heteroatoms. The van der Waals surface area contributed by atoms with Gasteiger partial charge in [-0.1, -0.05) is 84.0 Å². The van der Waals surface area contributed by atoms with Gasteiger partial charge in [-0.2, -0.15) is 0 Å². The third-order valence-electron chi connectivity index (χ3n) is 4.92. The molecule has 0 atom stereocenters. The maximum atomic E-state index is 13.3. The molecule has 0 aliphatic heterocycles. The number of anilines is 1. The van der Waals surface area contributed by atoms with E-state index in [1.54, 1.807) is 62.3 Å². The number of carbonyl (C=O) groups excluding carboxylic acids is 2. The molecule has 1 N–H and O–H groups in total. The summed E-state index contributed by atoms with van der Waals surface area (Å²) in [6.07, 6.45) is 0. The molecule has 0 radical (unpaired) electrons. The van der Waals surface area contributed by atoms with Crippen LogP contribution in [0.15, 0.2) is 54.6 Å². The van der Waals surface area contributed by atoms with Crippen LogP contribution in [-0.2, 0) is 0 Å². The molecule has 0 unspecified atom stereocenters. The Bertz CT molecular complexity index is 1120. The fourth-order valence-corrected chi connectivity index (χ4v) is 3.57. The topological polar surface area (TPSA) is 66.8 Å². The van der Waals surface area contributed by atoms with E-state index in [4.69, 9.17) is 4.74 Å². The van der Waals surface area contributed by atoms with Crippen molar-refractivity contribution >= 4 is 17.3 Å². The highest BCUT2D eigenvalue weighted by molar-refractivity contribution is 6.31. The summed E-state index contributed by atoms with van der Waals surface area (Å²) >= 11 is 0. The van der Waals surface area contributed by atoms with Crippen molar-refractivity contribution in [2.75, 3.05) is 19.0 Å². The van der Waals surface area contributed by atoms with E-state index in [0.717, 1.165) is 0 Å². The van der Waals surface area contributed by atoms with Crippen molar-refractivity contribution in [1.82, 2.24) is 0 Å². The first-order valence-electron chi connectivity index (χ1n) is 11.9. The van der Waals surface area contributed by atoms with Gasteiger partial charge in [0.1, 0.15) is 11.5 Å². The number of aromatic hydroxyl groups is 1. The minimum Gasteiger partial charge on any atom is -0.507 e. The van der Waals surface area contributed by atoms with E-state index >= 15 is 0 Å². The molecule has 5 nitrogen and oxygen atoms in total. The molecule has 34 heavy (non-hydrogen) atoms. The Morgan fingerprint density at radius 3 is 1.62 bits per heavy atom. The van der Waals surface area contributed by atoms with E-state index in [0.29, 0.717) is 33.9 Å². The zero-order valence-corrected chi connectivity index (χ0v) is 21.8. The average Bonchev–Trinajstić information content (AvgIpc) is 2.89. The first-order valence-corrected chi connectivity index (χ1v) is 11.9. The molecule has 1 aliphatic rings. The lowest BCUT2D eigenvalue weighted by Gasteiger charge is -2.28. The highest BCUT2D eigenvalue weighted by atomic mass is 16.5. The number of benzene rings is 3. The summed E-state index contributed by atoms with van der Waals surface area (Å²) in [5.41, 5.74) is 1.72. The van der Waals surface area contributed by atoms with E-state index in [2.05, 4.69) is 0 Å². The number of ketones is 2. The molecule has 3 aromatic rings. The SMILES string of the molecule is CC.CC.CC.Cc1c(O)c2c(c(N(C)C)c1Oc1ccccc1)C(=O)c1ccccc1C2=O. The Morgan fingerprint density at radius 2 is 1.15 bits per heavy atom. The molecule has 0 saturated carbocycles. The van der Waals surface area contributed by atoms with E-state index in [9.17, 15) is 14.7 Å². The second-order valence-corrected chi connectivity index (χ2v) is 6.91. The Kier molecular flexibility index (Phi) is 11.0. The van der Waals surface area contributed by atoms with Gasteiger partial charge >= 0.3 is 0 Å². The first kappa shape index (κ1) is 28.4. The van der Waals surface area contributed by atoms with Crippen LogP contribution < -0.4 is 9.64 Å². The van der Waals surface area contributed by atoms with E-state index in [1.165, 1.54) is 0 Å². The average molecular weight is 464 g/mol. The third-order valence-corrected chi connectivity index (χ3v) is 4.92. The molecule has 0 saturated heterocycles. The second kappa shape index (κ2) is 13.2. The van der Waals surface area contributed by atoms with Crippen LogP contribution in [0.3, 0.4) is 0 Å². The lowest BCUT2D eigenvalue weighted by atomic mass is 9.81. The molecule has 0 heterocycles. The molecule has 0 bridgehead atoms. The van der Waals surface area contributed by atoms with Gasteiger partial charge in [0.05, 0.1) is 16.8 Å². The van der Waals surface area contributed by atoms with Crippen molar-refractivity contribution in [3.8, 4) is 17.2 Å². The van der Waals surface area contributed by atoms with Gasteiger partial charge < -0.3 is 14.7 Å². The van der Waals surface area contributed by atoms with Crippen molar-refractivity contribution in [3.63, 3.8) is 0 Å². The maximum absolute atomic E-state index is 13.3. The van der Waals surface area contributed by atoms with E-state index in [1.807, 2.05) is 59.7 Å². The van der Waals surface area contributed by atoms with Gasteiger partial charge in [0.25, 0.3) is 0 Å². The normalized spacial score (nSPS) is 10.7. The summed E-state index contributed by atoms with van der Waals surface area (Å²) in [4.78, 5) is 28.1. The lowest BCUT2D eigenvalue weighted by Crippen LogP contribution is -2.25. The van der Waals surface area contributed by atoms with Crippen LogP contribution in [-0.4, -0.2) is 30.8 Å². The van der Waals surface area contributed by atoms with E-state index < -0.39 is 0 Å². The number of hydrogen-bond acceptors (Lipinski definition) is 5. The van der Waals surface area contributed by atoms with Gasteiger partial charge in [0.15, 0.2) is 17.3 Å². The van der Waals surface area contributed by atoms with Crippen LogP contribution in [0.1, 0.15) is 78.9 Å². The Labute approximate surface area is 204 Å². The molecular weight excluding hydrogens is 426 g/mol. The number of phenols is 1. The van der Waals surface area contributed by atoms with E-state index in [-0.39, 0.29) is 28.4 Å². The summed E-state index contributed by atoms with van der Waals surface area (Å²) in [6, 6.07) is 15.8. The summed E-state index contributed by atoms with van der Waals surface area (Å²) in [5, 5.41) is 10.9. The molecule has 3 aromatic carbocycles. The van der Waals surface area contributed by atoms with Crippen molar-refractivity contribution in [2.45, 2.75) is 48.5 Å². The highest BCUT2D eigenvalue weighted by Crippen LogP contribution is 2.48. The van der Waals surface area contributed by atoms with Crippen LogP contribution in [0.2, 0.25) is 0 Å². The van der Waals surface area contributed by atoms with Gasteiger partial charge in [0.2, 0.25) is 0 Å². The summed E-state index contributed by atoms with van der Waals surface area (Å²) in [6.45, 7) is 13.7. The standard InChI is InChI=1S/C23H19NO4.3C2H6/c1-13-20(25)18-17(21(26)15-11-7-8-12-16(15)22(18)27)19(24(2)3)23(13)28-14-9-5-4-6-10-14;3*1-2/h4-12,25H,1-3H3;3*1-2H3. The maximum Gasteiger partial charge on any atom is 0.198 e. The number of para-hydroxylation sites is 1. The number of carbonyl (C=O) groups is 2. The number of phenolic OH excluding ortho intramolecular Hbond substituents is 1. The van der Waals surface area contributed by atoms with Gasteiger partial charge in [-0.3, -0.25) is 9.59 Å². The van der Waals surface area contributed by atoms with Crippen LogP contribution in [0.4, 0.5) is 5.69 Å². The summed E-state index contributed by atoms with van der Waals surface area (Å²) in [5.74, 6) is 0.0395. The largest absolute Gasteiger partial charge is 0.507 e. The number of nitrogens with zero attached hydrogens (tertiary/aromatic N) is 1. The van der Waals surface area contributed by atoms with Crippen molar-refractivity contribution < 1.29 is 19.4 Å². The Balaban J connectivity index is 0.000000894. The van der Waals surface area contributed by atoms with Gasteiger partial charge in [0, 0.05) is 30.8 Å². The van der Waals surface area contributed by atoms with Gasteiger partial charge in [-0.05, 0) is 19.1 Å². The third kappa shape index (κ3) is 5.30. The number of fused-ring (bicyclic) bond motifs is 2. The molecule has 0 aromatic heterocycles. The minimum absolute atomic E-state index is 0.0327. The van der Waals surface area contributed by atoms with Crippen LogP contribution in [0.5, 0.6) is 17.2 Å². The quantitative estimate of drug-likeness (QED) is 0.342. The van der Waals surface area contributed by atoms with Crippen LogP contribution in [0.25, 0.3) is 0 Å². The Hall–Kier alpha value is -3.60. The van der Waals surface area contributed by atoms with Crippen LogP contribution in [0, 0.1) is 6.92 Å². The smallest absolute Gasteiger partial charge is 0.198 e. The summed E-state index contributed by atoms with van der Waals surface area (Å²) in [7, 11) is 3.56. The van der Waals surface area contributed by atoms with Crippen molar-refractivity contribution in [1.29, 1.82) is 0 Å². The lowest BCUT2D eigenvalue weighted by molar-refractivity contribution is 0.0976. The molecule has 0 amide bonds. The Morgan fingerprint density at radius 1 is 0.706 bits per heavy atom. The molecule has 0 fully saturated rings. The van der Waals surface area contributed by atoms with Gasteiger partial charge in [-0.15, -0.1) is 0 Å². The molecule has 0 spiro atoms. The van der Waals surface area contributed by atoms with Crippen molar-refractivity contribution in [2.24, 2.45) is 0 Å². The number of ether oxygens (including phenoxy) is 1. The zero-order chi connectivity index (χ0) is 26.0. The van der Waals surface area contributed by atoms with Crippen molar-refractivity contribution in [3.05, 3.63) is 82.4 Å². The number of hydrogen-bond donors (Lipinski definition) is 1. The molecule has 182 valence electrons. The van der Waals surface area contributed by atoms with Gasteiger partial charge in [-0.25, -0.2) is 0 Å².